The Bertz CT molecular complexity index is 314. The van der Waals surface area contributed by atoms with Gasteiger partial charge in [-0.1, -0.05) is 0 Å². The van der Waals surface area contributed by atoms with Crippen molar-refractivity contribution in [1.82, 2.24) is 0 Å². The van der Waals surface area contributed by atoms with Gasteiger partial charge in [0.2, 0.25) is 0 Å². The molecule has 1 unspecified atom stereocenters. The molecule has 3 N–H and O–H groups in total. The van der Waals surface area contributed by atoms with Crippen LogP contribution in [0.15, 0.2) is 11.4 Å². The van der Waals surface area contributed by atoms with Gasteiger partial charge in [0, 0.05) is 12.6 Å². The van der Waals surface area contributed by atoms with Crippen molar-refractivity contribution in [3.63, 3.8) is 0 Å². The highest BCUT2D eigenvalue weighted by molar-refractivity contribution is 7.14. The highest BCUT2D eigenvalue weighted by Gasteiger charge is 2.15. The standard InChI is InChI=1S/C7H10N2O4S/c10-4-5(11)3-8-7-6(9(12)13)1-2-14-7/h1-2,5,8,10-11H,3-4H2. The molecule has 1 aromatic heterocycles. The number of nitro groups is 1. The number of aliphatic hydroxyl groups excluding tert-OH is 2. The molecule has 1 heterocycles. The molecule has 1 aromatic rings. The van der Waals surface area contributed by atoms with E-state index < -0.39 is 11.0 Å². The molecule has 0 spiro atoms. The summed E-state index contributed by atoms with van der Waals surface area (Å²) in [5, 5.41) is 32.7. The van der Waals surface area contributed by atoms with Crippen LogP contribution in [0.2, 0.25) is 0 Å². The van der Waals surface area contributed by atoms with Gasteiger partial charge in [-0.05, 0) is 5.38 Å². The fourth-order valence-corrected chi connectivity index (χ4v) is 1.62. The minimum Gasteiger partial charge on any atom is -0.394 e. The minimum absolute atomic E-state index is 0.0138. The van der Waals surface area contributed by atoms with Crippen LogP contribution in [0.3, 0.4) is 0 Å². The average Bonchev–Trinajstić information content (AvgIpc) is 2.62. The van der Waals surface area contributed by atoms with Crippen LogP contribution in [0, 0.1) is 10.1 Å². The first-order valence-corrected chi connectivity index (χ1v) is 4.77. The molecular weight excluding hydrogens is 208 g/mol. The number of thiophene rings is 1. The third kappa shape index (κ3) is 2.66. The van der Waals surface area contributed by atoms with Crippen molar-refractivity contribution in [2.45, 2.75) is 6.10 Å². The molecule has 7 heteroatoms. The Balaban J connectivity index is 2.58. The summed E-state index contributed by atoms with van der Waals surface area (Å²) in [6.45, 7) is -0.274. The maximum absolute atomic E-state index is 10.5. The molecule has 1 rings (SSSR count). The summed E-state index contributed by atoms with van der Waals surface area (Å²) < 4.78 is 0. The Morgan fingerprint density at radius 1 is 1.71 bits per heavy atom. The molecule has 14 heavy (non-hydrogen) atoms. The van der Waals surface area contributed by atoms with Gasteiger partial charge in [-0.2, -0.15) is 0 Å². The summed E-state index contributed by atoms with van der Waals surface area (Å²) in [6, 6.07) is 1.39. The van der Waals surface area contributed by atoms with E-state index in [0.29, 0.717) is 5.00 Å². The van der Waals surface area contributed by atoms with Gasteiger partial charge in [-0.15, -0.1) is 11.3 Å². The maximum atomic E-state index is 10.5. The van der Waals surface area contributed by atoms with Crippen LogP contribution in [0.1, 0.15) is 0 Å². The lowest BCUT2D eigenvalue weighted by Gasteiger charge is -2.07. The largest absolute Gasteiger partial charge is 0.394 e. The van der Waals surface area contributed by atoms with E-state index in [1.807, 2.05) is 0 Å². The third-order valence-electron chi connectivity index (χ3n) is 1.55. The van der Waals surface area contributed by atoms with Gasteiger partial charge in [0.25, 0.3) is 0 Å². The van der Waals surface area contributed by atoms with E-state index >= 15 is 0 Å². The molecule has 0 saturated carbocycles. The molecule has 78 valence electrons. The van der Waals surface area contributed by atoms with Crippen LogP contribution in [0.4, 0.5) is 10.7 Å². The Hall–Kier alpha value is -1.18. The highest BCUT2D eigenvalue weighted by Crippen LogP contribution is 2.29. The zero-order valence-corrected chi connectivity index (χ0v) is 8.03. The van der Waals surface area contributed by atoms with Crippen molar-refractivity contribution in [2.75, 3.05) is 18.5 Å². The number of anilines is 1. The van der Waals surface area contributed by atoms with Crippen molar-refractivity contribution >= 4 is 22.0 Å². The summed E-state index contributed by atoms with van der Waals surface area (Å²) in [6.07, 6.45) is -0.906. The van der Waals surface area contributed by atoms with Gasteiger partial charge in [0.05, 0.1) is 17.6 Å². The van der Waals surface area contributed by atoms with Crippen LogP contribution in [0.5, 0.6) is 0 Å². The van der Waals surface area contributed by atoms with E-state index in [9.17, 15) is 10.1 Å². The van der Waals surface area contributed by atoms with Crippen LogP contribution in [0.25, 0.3) is 0 Å². The lowest BCUT2D eigenvalue weighted by atomic mass is 10.4. The molecule has 0 radical (unpaired) electrons. The van der Waals surface area contributed by atoms with Crippen LogP contribution < -0.4 is 5.32 Å². The Morgan fingerprint density at radius 3 is 3.00 bits per heavy atom. The van der Waals surface area contributed by atoms with Crippen molar-refractivity contribution in [2.24, 2.45) is 0 Å². The number of hydrogen-bond donors (Lipinski definition) is 3. The van der Waals surface area contributed by atoms with Crippen LogP contribution in [-0.2, 0) is 0 Å². The lowest BCUT2D eigenvalue weighted by molar-refractivity contribution is -0.383. The summed E-state index contributed by atoms with van der Waals surface area (Å²) in [7, 11) is 0. The van der Waals surface area contributed by atoms with Gasteiger partial charge in [-0.3, -0.25) is 10.1 Å². The number of nitrogens with zero attached hydrogens (tertiary/aromatic N) is 1. The van der Waals surface area contributed by atoms with Gasteiger partial charge >= 0.3 is 5.69 Å². The predicted molar refractivity (Wildman–Crippen MR) is 52.6 cm³/mol. The van der Waals surface area contributed by atoms with E-state index in [1.54, 1.807) is 5.38 Å². The quantitative estimate of drug-likeness (QED) is 0.491. The molecule has 0 aliphatic rings. The Labute approximate surface area is 84.0 Å². The molecule has 0 fully saturated rings. The molecule has 0 saturated heterocycles. The first kappa shape index (κ1) is 10.9. The zero-order chi connectivity index (χ0) is 10.6. The number of aliphatic hydroxyl groups is 2. The normalized spacial score (nSPS) is 12.4. The maximum Gasteiger partial charge on any atom is 0.303 e. The second-order valence-electron chi connectivity index (χ2n) is 2.61. The molecule has 0 bridgehead atoms. The van der Waals surface area contributed by atoms with E-state index in [0.717, 1.165) is 0 Å². The summed E-state index contributed by atoms with van der Waals surface area (Å²) in [4.78, 5) is 9.96. The average molecular weight is 218 g/mol. The monoisotopic (exact) mass is 218 g/mol. The second-order valence-corrected chi connectivity index (χ2v) is 3.53. The van der Waals surface area contributed by atoms with E-state index in [4.69, 9.17) is 10.2 Å². The smallest absolute Gasteiger partial charge is 0.303 e. The first-order valence-electron chi connectivity index (χ1n) is 3.90. The molecule has 0 aromatic carbocycles. The minimum atomic E-state index is -0.906. The molecule has 0 amide bonds. The van der Waals surface area contributed by atoms with E-state index in [-0.39, 0.29) is 18.8 Å². The second kappa shape index (κ2) is 4.89. The Kier molecular flexibility index (Phi) is 3.81. The molecule has 1 atom stereocenters. The summed E-state index contributed by atoms with van der Waals surface area (Å²) in [5.74, 6) is 0. The van der Waals surface area contributed by atoms with Gasteiger partial charge in [0.15, 0.2) is 5.00 Å². The molecule has 0 aliphatic heterocycles. The van der Waals surface area contributed by atoms with Crippen molar-refractivity contribution in [3.8, 4) is 0 Å². The topological polar surface area (TPSA) is 95.6 Å². The third-order valence-corrected chi connectivity index (χ3v) is 2.41. The van der Waals surface area contributed by atoms with Gasteiger partial charge < -0.3 is 15.5 Å². The van der Waals surface area contributed by atoms with Crippen LogP contribution in [-0.4, -0.2) is 34.4 Å². The zero-order valence-electron chi connectivity index (χ0n) is 7.21. The van der Waals surface area contributed by atoms with Crippen molar-refractivity contribution in [1.29, 1.82) is 0 Å². The Morgan fingerprint density at radius 2 is 2.43 bits per heavy atom. The lowest BCUT2D eigenvalue weighted by Crippen LogP contribution is -2.22. The van der Waals surface area contributed by atoms with Crippen molar-refractivity contribution < 1.29 is 15.1 Å². The van der Waals surface area contributed by atoms with Gasteiger partial charge in [0.1, 0.15) is 0 Å². The first-order chi connectivity index (χ1) is 6.65. The molecule has 6 nitrogen and oxygen atoms in total. The fourth-order valence-electron chi connectivity index (χ4n) is 0.854. The molecular formula is C7H10N2O4S. The predicted octanol–water partition coefficient (Wildman–Crippen LogP) is 0.421. The van der Waals surface area contributed by atoms with E-state index in [2.05, 4.69) is 5.32 Å². The number of rotatable bonds is 5. The fraction of sp³-hybridized carbons (Fsp3) is 0.429. The number of nitrogens with one attached hydrogen (secondary N) is 1. The highest BCUT2D eigenvalue weighted by atomic mass is 32.1. The van der Waals surface area contributed by atoms with E-state index in [1.165, 1.54) is 17.4 Å². The van der Waals surface area contributed by atoms with Crippen molar-refractivity contribution in [3.05, 3.63) is 21.6 Å². The SMILES string of the molecule is O=[N+]([O-])c1ccsc1NCC(O)CO. The summed E-state index contributed by atoms with van der Waals surface area (Å²) >= 11 is 1.18. The van der Waals surface area contributed by atoms with Crippen LogP contribution >= 0.6 is 11.3 Å². The summed E-state index contributed by atoms with van der Waals surface area (Å²) in [5.41, 5.74) is -0.0138. The number of hydrogen-bond acceptors (Lipinski definition) is 6. The van der Waals surface area contributed by atoms with Gasteiger partial charge in [-0.25, -0.2) is 0 Å². The molecule has 0 aliphatic carbocycles.